The number of carbonyl (C=O) groups is 1. The van der Waals surface area contributed by atoms with Crippen LogP contribution in [0.4, 0.5) is 5.13 Å². The first-order valence-electron chi connectivity index (χ1n) is 9.32. The molecule has 1 fully saturated rings. The molecule has 1 saturated heterocycles. The number of piperazine rings is 1. The molecule has 8 heteroatoms. The first-order chi connectivity index (χ1) is 14.1. The Hall–Kier alpha value is -2.19. The van der Waals surface area contributed by atoms with Crippen LogP contribution >= 0.6 is 34.3 Å². The van der Waals surface area contributed by atoms with E-state index in [9.17, 15) is 4.79 Å². The Morgan fingerprint density at radius 3 is 2.66 bits per heavy atom. The fraction of sp³-hybridized carbons (Fsp3) is 0.238. The van der Waals surface area contributed by atoms with Gasteiger partial charge in [0.1, 0.15) is 10.6 Å². The maximum Gasteiger partial charge on any atom is 0.355 e. The van der Waals surface area contributed by atoms with Crippen LogP contribution in [0.25, 0.3) is 20.3 Å². The molecule has 1 aliphatic rings. The third-order valence-corrected chi connectivity index (χ3v) is 7.79. The molecule has 0 unspecified atom stereocenters. The van der Waals surface area contributed by atoms with Crippen LogP contribution in [0.5, 0.6) is 5.75 Å². The summed E-state index contributed by atoms with van der Waals surface area (Å²) in [5.74, 6) is 0.0731. The van der Waals surface area contributed by atoms with Gasteiger partial charge in [-0.05, 0) is 25.2 Å². The first-order valence-corrected chi connectivity index (χ1v) is 11.3. The number of esters is 1. The molecule has 3 heterocycles. The summed E-state index contributed by atoms with van der Waals surface area (Å²) in [7, 11) is 2.14. The molecule has 0 atom stereocenters. The summed E-state index contributed by atoms with van der Waals surface area (Å²) in [6.45, 7) is 4.02. The van der Waals surface area contributed by atoms with Crippen LogP contribution in [0.1, 0.15) is 9.67 Å². The summed E-state index contributed by atoms with van der Waals surface area (Å²) in [5.41, 5.74) is 0.920. The number of halogens is 1. The maximum absolute atomic E-state index is 12.7. The Labute approximate surface area is 181 Å². The second kappa shape index (κ2) is 7.57. The lowest BCUT2D eigenvalue weighted by Crippen LogP contribution is -2.44. The number of likely N-dealkylation sites (N-methyl/N-ethyl adjacent to an activating group) is 1. The summed E-state index contributed by atoms with van der Waals surface area (Å²) in [5, 5.41) is 2.34. The van der Waals surface area contributed by atoms with Crippen molar-refractivity contribution in [1.29, 1.82) is 0 Å². The SMILES string of the molecule is CN1CCN(c2nc3ccc(OC(=O)c4sc5ccccc5c4Cl)cc3s2)CC1. The van der Waals surface area contributed by atoms with Gasteiger partial charge in [-0.2, -0.15) is 0 Å². The van der Waals surface area contributed by atoms with Gasteiger partial charge in [0.2, 0.25) is 0 Å². The van der Waals surface area contributed by atoms with E-state index in [1.807, 2.05) is 36.4 Å². The lowest BCUT2D eigenvalue weighted by Gasteiger charge is -2.31. The van der Waals surface area contributed by atoms with Crippen molar-refractivity contribution in [3.63, 3.8) is 0 Å². The number of aromatic nitrogens is 1. The van der Waals surface area contributed by atoms with Crippen LogP contribution in [0.2, 0.25) is 5.02 Å². The summed E-state index contributed by atoms with van der Waals surface area (Å²) in [6.07, 6.45) is 0. The molecule has 0 aliphatic carbocycles. The average Bonchev–Trinajstić information content (AvgIpc) is 3.30. The second-order valence-corrected chi connectivity index (χ2v) is 9.49. The highest BCUT2D eigenvalue weighted by Crippen LogP contribution is 2.36. The standard InChI is InChI=1S/C21H18ClN3O2S2/c1-24-8-10-25(11-9-24)21-23-15-7-6-13(12-17(15)29-21)27-20(26)19-18(22)14-4-2-3-5-16(14)28-19/h2-7,12H,8-11H2,1H3. The Balaban J connectivity index is 1.38. The van der Waals surface area contributed by atoms with Crippen LogP contribution in [0.15, 0.2) is 42.5 Å². The van der Waals surface area contributed by atoms with Crippen molar-refractivity contribution in [2.75, 3.05) is 38.1 Å². The number of carbonyl (C=O) groups excluding carboxylic acids is 1. The zero-order valence-electron chi connectivity index (χ0n) is 15.7. The van der Waals surface area contributed by atoms with Gasteiger partial charge in [-0.1, -0.05) is 41.1 Å². The predicted molar refractivity (Wildman–Crippen MR) is 121 cm³/mol. The summed E-state index contributed by atoms with van der Waals surface area (Å²) >= 11 is 9.39. The number of fused-ring (bicyclic) bond motifs is 2. The van der Waals surface area contributed by atoms with Crippen LogP contribution in [-0.2, 0) is 0 Å². The number of benzene rings is 2. The number of hydrogen-bond donors (Lipinski definition) is 0. The number of rotatable bonds is 3. The van der Waals surface area contributed by atoms with Gasteiger partial charge >= 0.3 is 5.97 Å². The van der Waals surface area contributed by atoms with Crippen molar-refractivity contribution in [2.45, 2.75) is 0 Å². The second-order valence-electron chi connectivity index (χ2n) is 7.05. The number of thiazole rings is 1. The van der Waals surface area contributed by atoms with Gasteiger partial charge in [0.25, 0.3) is 0 Å². The van der Waals surface area contributed by atoms with Crippen LogP contribution in [-0.4, -0.2) is 49.1 Å². The van der Waals surface area contributed by atoms with E-state index in [0.29, 0.717) is 15.6 Å². The molecular weight excluding hydrogens is 426 g/mol. The maximum atomic E-state index is 12.7. The third-order valence-electron chi connectivity index (χ3n) is 5.05. The van der Waals surface area contributed by atoms with Crippen molar-refractivity contribution in [1.82, 2.24) is 9.88 Å². The number of nitrogens with zero attached hydrogens (tertiary/aromatic N) is 3. The number of hydrogen-bond acceptors (Lipinski definition) is 7. The zero-order valence-corrected chi connectivity index (χ0v) is 18.1. The Morgan fingerprint density at radius 1 is 1.07 bits per heavy atom. The van der Waals surface area contributed by atoms with E-state index in [1.54, 1.807) is 17.4 Å². The molecule has 5 rings (SSSR count). The Bertz CT molecular complexity index is 1210. The molecule has 29 heavy (non-hydrogen) atoms. The van der Waals surface area contributed by atoms with Crippen molar-refractivity contribution >= 4 is 65.7 Å². The van der Waals surface area contributed by atoms with Crippen molar-refractivity contribution in [3.05, 3.63) is 52.4 Å². The van der Waals surface area contributed by atoms with Crippen LogP contribution < -0.4 is 9.64 Å². The highest BCUT2D eigenvalue weighted by atomic mass is 35.5. The zero-order chi connectivity index (χ0) is 20.0. The summed E-state index contributed by atoms with van der Waals surface area (Å²) in [4.78, 5) is 22.5. The van der Waals surface area contributed by atoms with E-state index in [0.717, 1.165) is 51.6 Å². The van der Waals surface area contributed by atoms with E-state index in [2.05, 4.69) is 16.8 Å². The van der Waals surface area contributed by atoms with Gasteiger partial charge in [0.15, 0.2) is 5.13 Å². The predicted octanol–water partition coefficient (Wildman–Crippen LogP) is 5.14. The van der Waals surface area contributed by atoms with Crippen molar-refractivity contribution in [3.8, 4) is 5.75 Å². The minimum absolute atomic E-state index is 0.426. The lowest BCUT2D eigenvalue weighted by molar-refractivity contribution is 0.0740. The molecule has 2 aromatic heterocycles. The minimum atomic E-state index is -0.431. The summed E-state index contributed by atoms with van der Waals surface area (Å²) in [6, 6.07) is 13.3. The van der Waals surface area contributed by atoms with Gasteiger partial charge in [-0.15, -0.1) is 11.3 Å². The Kier molecular flexibility index (Phi) is 4.91. The molecule has 0 radical (unpaired) electrons. The van der Waals surface area contributed by atoms with E-state index in [4.69, 9.17) is 21.3 Å². The van der Waals surface area contributed by atoms with Gasteiger partial charge < -0.3 is 14.5 Å². The number of anilines is 1. The largest absolute Gasteiger partial charge is 0.422 e. The molecule has 0 amide bonds. The van der Waals surface area contributed by atoms with Crippen LogP contribution in [0, 0.1) is 0 Å². The molecule has 0 N–H and O–H groups in total. The van der Waals surface area contributed by atoms with Crippen molar-refractivity contribution in [2.24, 2.45) is 0 Å². The quantitative estimate of drug-likeness (QED) is 0.324. The highest BCUT2D eigenvalue weighted by Gasteiger charge is 2.20. The molecule has 2 aromatic carbocycles. The van der Waals surface area contributed by atoms with E-state index in [-0.39, 0.29) is 0 Å². The number of thiophene rings is 1. The molecular formula is C21H18ClN3O2S2. The van der Waals surface area contributed by atoms with Gasteiger partial charge in [0, 0.05) is 42.3 Å². The topological polar surface area (TPSA) is 45.7 Å². The molecule has 0 saturated carbocycles. The number of ether oxygens (including phenoxy) is 1. The first kappa shape index (κ1) is 18.8. The van der Waals surface area contributed by atoms with Crippen molar-refractivity contribution < 1.29 is 9.53 Å². The van der Waals surface area contributed by atoms with E-state index < -0.39 is 5.97 Å². The molecule has 0 bridgehead atoms. The fourth-order valence-electron chi connectivity index (χ4n) is 3.39. The third kappa shape index (κ3) is 3.59. The molecule has 1 aliphatic heterocycles. The Morgan fingerprint density at radius 2 is 1.86 bits per heavy atom. The van der Waals surface area contributed by atoms with Gasteiger partial charge in [-0.3, -0.25) is 0 Å². The minimum Gasteiger partial charge on any atom is -0.422 e. The molecule has 4 aromatic rings. The van der Waals surface area contributed by atoms with E-state index >= 15 is 0 Å². The van der Waals surface area contributed by atoms with Gasteiger partial charge in [0.05, 0.1) is 15.2 Å². The van der Waals surface area contributed by atoms with Crippen LogP contribution in [0.3, 0.4) is 0 Å². The average molecular weight is 444 g/mol. The summed E-state index contributed by atoms with van der Waals surface area (Å²) < 4.78 is 7.61. The fourth-order valence-corrected chi connectivity index (χ4v) is 5.82. The molecule has 148 valence electrons. The molecule has 0 spiro atoms. The normalized spacial score (nSPS) is 15.3. The van der Waals surface area contributed by atoms with E-state index in [1.165, 1.54) is 11.3 Å². The monoisotopic (exact) mass is 443 g/mol. The molecule has 5 nitrogen and oxygen atoms in total. The highest BCUT2D eigenvalue weighted by molar-refractivity contribution is 7.22. The van der Waals surface area contributed by atoms with Gasteiger partial charge in [-0.25, -0.2) is 9.78 Å². The smallest absolute Gasteiger partial charge is 0.355 e. The lowest BCUT2D eigenvalue weighted by atomic mass is 10.2.